The number of hydrogen-bond acceptors (Lipinski definition) is 2. The first-order chi connectivity index (χ1) is 9.71. The molecule has 2 aromatic rings. The largest absolute Gasteiger partial charge is 0.543 e. The molecule has 1 aromatic heterocycles. The SMILES string of the molecule is CC(C)(C)[Si](C)(C)Oc1cccc(C(Cl)c2ccsc2)c1. The van der Waals surface area contributed by atoms with Gasteiger partial charge in [-0.2, -0.15) is 11.3 Å². The van der Waals surface area contributed by atoms with Gasteiger partial charge in [-0.25, -0.2) is 0 Å². The number of halogens is 1. The molecule has 0 saturated heterocycles. The molecule has 1 aromatic carbocycles. The van der Waals surface area contributed by atoms with E-state index in [1.807, 2.05) is 12.1 Å². The Morgan fingerprint density at radius 1 is 1.14 bits per heavy atom. The van der Waals surface area contributed by atoms with E-state index in [-0.39, 0.29) is 10.4 Å². The van der Waals surface area contributed by atoms with Crippen LogP contribution in [0.2, 0.25) is 18.1 Å². The van der Waals surface area contributed by atoms with Crippen molar-refractivity contribution in [2.24, 2.45) is 0 Å². The summed E-state index contributed by atoms with van der Waals surface area (Å²) in [6, 6.07) is 10.3. The zero-order valence-electron chi connectivity index (χ0n) is 13.3. The Balaban J connectivity index is 2.23. The highest BCUT2D eigenvalue weighted by molar-refractivity contribution is 7.08. The summed E-state index contributed by atoms with van der Waals surface area (Å²) in [5.41, 5.74) is 2.23. The number of hydrogen-bond donors (Lipinski definition) is 0. The molecule has 0 bridgehead atoms. The van der Waals surface area contributed by atoms with Gasteiger partial charge in [-0.1, -0.05) is 32.9 Å². The van der Waals surface area contributed by atoms with Crippen LogP contribution in [0.15, 0.2) is 41.1 Å². The first-order valence-electron chi connectivity index (χ1n) is 7.16. The van der Waals surface area contributed by atoms with Crippen molar-refractivity contribution in [3.05, 3.63) is 52.2 Å². The van der Waals surface area contributed by atoms with E-state index in [1.165, 1.54) is 0 Å². The van der Waals surface area contributed by atoms with Gasteiger partial charge >= 0.3 is 0 Å². The maximum Gasteiger partial charge on any atom is 0.250 e. The Kier molecular flexibility index (Phi) is 4.86. The standard InChI is InChI=1S/C17H23ClOSSi/c1-17(2,3)21(4,5)19-15-8-6-7-13(11-15)16(18)14-9-10-20-12-14/h6-12,16H,1-5H3. The molecule has 1 unspecified atom stereocenters. The van der Waals surface area contributed by atoms with Crippen molar-refractivity contribution < 1.29 is 4.43 Å². The van der Waals surface area contributed by atoms with Crippen molar-refractivity contribution in [1.29, 1.82) is 0 Å². The molecule has 2 rings (SSSR count). The molecule has 0 aliphatic rings. The molecule has 1 nitrogen and oxygen atoms in total. The topological polar surface area (TPSA) is 9.23 Å². The first kappa shape index (κ1) is 16.6. The van der Waals surface area contributed by atoms with Gasteiger partial charge in [0, 0.05) is 0 Å². The van der Waals surface area contributed by atoms with Gasteiger partial charge in [0.2, 0.25) is 8.32 Å². The van der Waals surface area contributed by atoms with Gasteiger partial charge < -0.3 is 4.43 Å². The van der Waals surface area contributed by atoms with E-state index in [2.05, 4.69) is 62.8 Å². The fraction of sp³-hybridized carbons (Fsp3) is 0.412. The highest BCUT2D eigenvalue weighted by atomic mass is 35.5. The third kappa shape index (κ3) is 3.90. The maximum atomic E-state index is 6.57. The lowest BCUT2D eigenvalue weighted by molar-refractivity contribution is 0.491. The summed E-state index contributed by atoms with van der Waals surface area (Å²) in [6.07, 6.45) is 0. The number of alkyl halides is 1. The fourth-order valence-electron chi connectivity index (χ4n) is 1.80. The molecule has 0 aliphatic carbocycles. The summed E-state index contributed by atoms with van der Waals surface area (Å²) in [4.78, 5) is 0. The summed E-state index contributed by atoms with van der Waals surface area (Å²) in [6.45, 7) is 11.3. The zero-order valence-corrected chi connectivity index (χ0v) is 15.9. The molecule has 114 valence electrons. The maximum absolute atomic E-state index is 6.57. The van der Waals surface area contributed by atoms with E-state index in [0.29, 0.717) is 0 Å². The summed E-state index contributed by atoms with van der Waals surface area (Å²) < 4.78 is 6.36. The van der Waals surface area contributed by atoms with Crippen molar-refractivity contribution in [1.82, 2.24) is 0 Å². The van der Waals surface area contributed by atoms with Gasteiger partial charge in [-0.3, -0.25) is 0 Å². The Bertz CT molecular complexity index is 587. The van der Waals surface area contributed by atoms with Crippen LogP contribution in [0, 0.1) is 0 Å². The predicted molar refractivity (Wildman–Crippen MR) is 96.3 cm³/mol. The average Bonchev–Trinajstić information content (AvgIpc) is 2.90. The summed E-state index contributed by atoms with van der Waals surface area (Å²) in [5.74, 6) is 0.931. The van der Waals surface area contributed by atoms with Crippen molar-refractivity contribution >= 4 is 31.3 Å². The minimum atomic E-state index is -1.81. The Morgan fingerprint density at radius 2 is 1.86 bits per heavy atom. The van der Waals surface area contributed by atoms with Gasteiger partial charge in [0.05, 0.1) is 5.38 Å². The number of rotatable bonds is 4. The van der Waals surface area contributed by atoms with Crippen LogP contribution in [0.4, 0.5) is 0 Å². The van der Waals surface area contributed by atoms with Gasteiger partial charge in [-0.05, 0) is 58.2 Å². The molecule has 0 saturated carbocycles. The number of thiophene rings is 1. The van der Waals surface area contributed by atoms with Crippen LogP contribution in [-0.4, -0.2) is 8.32 Å². The Hall–Kier alpha value is -0.773. The molecule has 0 radical (unpaired) electrons. The molecule has 0 spiro atoms. The number of benzene rings is 1. The zero-order chi connectivity index (χ0) is 15.7. The third-order valence-corrected chi connectivity index (χ3v) is 9.73. The van der Waals surface area contributed by atoms with Crippen LogP contribution >= 0.6 is 22.9 Å². The average molecular weight is 339 g/mol. The fourth-order valence-corrected chi connectivity index (χ4v) is 3.85. The van der Waals surface area contributed by atoms with Crippen LogP contribution in [0.3, 0.4) is 0 Å². The van der Waals surface area contributed by atoms with E-state index >= 15 is 0 Å². The summed E-state index contributed by atoms with van der Waals surface area (Å²) in [7, 11) is -1.81. The second-order valence-electron chi connectivity index (χ2n) is 6.85. The first-order valence-corrected chi connectivity index (χ1v) is 11.4. The van der Waals surface area contributed by atoms with Crippen LogP contribution in [0.5, 0.6) is 5.75 Å². The van der Waals surface area contributed by atoms with Crippen LogP contribution in [0.25, 0.3) is 0 Å². The monoisotopic (exact) mass is 338 g/mol. The summed E-state index contributed by atoms with van der Waals surface area (Å²) >= 11 is 8.24. The normalized spacial score (nSPS) is 14.0. The quantitative estimate of drug-likeness (QED) is 0.459. The molecular formula is C17H23ClOSSi. The predicted octanol–water partition coefficient (Wildman–Crippen LogP) is 6.46. The smallest absolute Gasteiger partial charge is 0.250 e. The Morgan fingerprint density at radius 3 is 2.43 bits per heavy atom. The van der Waals surface area contributed by atoms with E-state index in [1.54, 1.807) is 11.3 Å². The van der Waals surface area contributed by atoms with Crippen molar-refractivity contribution in [2.75, 3.05) is 0 Å². The minimum absolute atomic E-state index is 0.112. The molecule has 0 fully saturated rings. The molecule has 4 heteroatoms. The second-order valence-corrected chi connectivity index (χ2v) is 12.8. The van der Waals surface area contributed by atoms with E-state index < -0.39 is 8.32 Å². The lowest BCUT2D eigenvalue weighted by Crippen LogP contribution is -2.43. The third-order valence-electron chi connectivity index (χ3n) is 4.17. The van der Waals surface area contributed by atoms with Gasteiger partial charge in [-0.15, -0.1) is 11.6 Å². The minimum Gasteiger partial charge on any atom is -0.543 e. The van der Waals surface area contributed by atoms with Gasteiger partial charge in [0.1, 0.15) is 5.75 Å². The van der Waals surface area contributed by atoms with Gasteiger partial charge in [0.15, 0.2) is 0 Å². The highest BCUT2D eigenvalue weighted by Gasteiger charge is 2.39. The molecule has 0 amide bonds. The highest BCUT2D eigenvalue weighted by Crippen LogP contribution is 2.38. The van der Waals surface area contributed by atoms with E-state index in [4.69, 9.17) is 16.0 Å². The van der Waals surface area contributed by atoms with Crippen molar-refractivity contribution in [3.8, 4) is 5.75 Å². The van der Waals surface area contributed by atoms with Crippen LogP contribution in [0.1, 0.15) is 37.3 Å². The molecule has 0 aliphatic heterocycles. The summed E-state index contributed by atoms with van der Waals surface area (Å²) in [5, 5.41) is 4.23. The van der Waals surface area contributed by atoms with Crippen LogP contribution < -0.4 is 4.43 Å². The second kappa shape index (κ2) is 6.15. The molecule has 21 heavy (non-hydrogen) atoms. The molecular weight excluding hydrogens is 316 g/mol. The molecule has 0 N–H and O–H groups in total. The lowest BCUT2D eigenvalue weighted by Gasteiger charge is -2.36. The molecule has 1 heterocycles. The van der Waals surface area contributed by atoms with E-state index in [9.17, 15) is 0 Å². The van der Waals surface area contributed by atoms with Crippen molar-refractivity contribution in [3.63, 3.8) is 0 Å². The van der Waals surface area contributed by atoms with Gasteiger partial charge in [0.25, 0.3) is 0 Å². The van der Waals surface area contributed by atoms with E-state index in [0.717, 1.165) is 16.9 Å². The lowest BCUT2D eigenvalue weighted by atomic mass is 10.1. The molecule has 1 atom stereocenters. The van der Waals surface area contributed by atoms with Crippen molar-refractivity contribution in [2.45, 2.75) is 44.3 Å². The Labute approximate surface area is 138 Å². The van der Waals surface area contributed by atoms with Crippen LogP contribution in [-0.2, 0) is 0 Å².